The van der Waals surface area contributed by atoms with Crippen molar-refractivity contribution in [2.24, 2.45) is 0 Å². The maximum Gasteiger partial charge on any atom is 0.263 e. The van der Waals surface area contributed by atoms with E-state index in [0.717, 1.165) is 44.1 Å². The van der Waals surface area contributed by atoms with E-state index < -0.39 is 5.56 Å². The number of likely N-dealkylation sites (tertiary alicyclic amines) is 1. The first-order valence-corrected chi connectivity index (χ1v) is 11.3. The van der Waals surface area contributed by atoms with Crippen LogP contribution in [0.3, 0.4) is 0 Å². The van der Waals surface area contributed by atoms with Crippen LogP contribution in [-0.2, 0) is 11.3 Å². The van der Waals surface area contributed by atoms with Crippen molar-refractivity contribution < 1.29 is 9.59 Å². The summed E-state index contributed by atoms with van der Waals surface area (Å²) < 4.78 is 1.35. The highest BCUT2D eigenvalue weighted by Gasteiger charge is 2.32. The molecule has 6 nitrogen and oxygen atoms in total. The van der Waals surface area contributed by atoms with Crippen LogP contribution in [0.15, 0.2) is 41.3 Å². The predicted octanol–water partition coefficient (Wildman–Crippen LogP) is 3.50. The first-order chi connectivity index (χ1) is 14.9. The largest absolute Gasteiger partial charge is 0.352 e. The first kappa shape index (κ1) is 21.3. The van der Waals surface area contributed by atoms with Gasteiger partial charge in [-0.2, -0.15) is 0 Å². The molecule has 4 rings (SSSR count). The second kappa shape index (κ2) is 9.08. The Labute approximate surface area is 183 Å². The van der Waals surface area contributed by atoms with Gasteiger partial charge in [0.25, 0.3) is 11.5 Å². The second-order valence-electron chi connectivity index (χ2n) is 8.90. The van der Waals surface area contributed by atoms with Crippen LogP contribution in [0.2, 0.25) is 0 Å². The van der Waals surface area contributed by atoms with Gasteiger partial charge >= 0.3 is 0 Å². The number of hydrogen-bond donors (Lipinski definition) is 1. The van der Waals surface area contributed by atoms with Crippen LogP contribution < -0.4 is 10.9 Å². The predicted molar refractivity (Wildman–Crippen MR) is 120 cm³/mol. The zero-order valence-corrected chi connectivity index (χ0v) is 18.4. The minimum atomic E-state index is -0.403. The Bertz CT molecular complexity index is 1040. The van der Waals surface area contributed by atoms with Crippen molar-refractivity contribution in [3.63, 3.8) is 0 Å². The maximum atomic E-state index is 13.3. The summed E-state index contributed by atoms with van der Waals surface area (Å²) >= 11 is 0. The number of carbonyl (C=O) groups is 2. The molecule has 0 bridgehead atoms. The van der Waals surface area contributed by atoms with E-state index in [4.69, 9.17) is 0 Å². The molecular formula is C25H31N3O3. The van der Waals surface area contributed by atoms with Crippen molar-refractivity contribution >= 4 is 11.8 Å². The van der Waals surface area contributed by atoms with E-state index in [1.54, 1.807) is 18.3 Å². The van der Waals surface area contributed by atoms with Gasteiger partial charge in [0.2, 0.25) is 5.91 Å². The van der Waals surface area contributed by atoms with E-state index >= 15 is 0 Å². The van der Waals surface area contributed by atoms with Gasteiger partial charge in [-0.1, -0.05) is 31.0 Å². The lowest BCUT2D eigenvalue weighted by Gasteiger charge is -2.25. The Kier molecular flexibility index (Phi) is 6.25. The normalized spacial score (nSPS) is 19.0. The van der Waals surface area contributed by atoms with Gasteiger partial charge in [-0.05, 0) is 68.4 Å². The number of benzene rings is 1. The molecule has 1 N–H and O–H groups in total. The van der Waals surface area contributed by atoms with Crippen LogP contribution >= 0.6 is 0 Å². The highest BCUT2D eigenvalue weighted by atomic mass is 16.2. The third kappa shape index (κ3) is 4.58. The number of aryl methyl sites for hydroxylation is 2. The van der Waals surface area contributed by atoms with Crippen molar-refractivity contribution in [3.05, 3.63) is 69.1 Å². The molecule has 1 atom stereocenters. The van der Waals surface area contributed by atoms with E-state index in [2.05, 4.69) is 37.4 Å². The lowest BCUT2D eigenvalue weighted by atomic mass is 9.99. The molecule has 6 heteroatoms. The molecule has 1 aliphatic carbocycles. The van der Waals surface area contributed by atoms with Gasteiger partial charge in [0.1, 0.15) is 12.1 Å². The van der Waals surface area contributed by atoms with Crippen molar-refractivity contribution in [2.45, 2.75) is 71.0 Å². The van der Waals surface area contributed by atoms with Gasteiger partial charge in [0.15, 0.2) is 0 Å². The molecule has 0 spiro atoms. The van der Waals surface area contributed by atoms with Crippen LogP contribution in [-0.4, -0.2) is 33.9 Å². The molecule has 0 radical (unpaired) electrons. The molecule has 2 fully saturated rings. The molecule has 1 saturated carbocycles. The average Bonchev–Trinajstić information content (AvgIpc) is 3.43. The summed E-state index contributed by atoms with van der Waals surface area (Å²) in [5, 5.41) is 3.00. The van der Waals surface area contributed by atoms with E-state index in [0.29, 0.717) is 6.54 Å². The lowest BCUT2D eigenvalue weighted by molar-refractivity contribution is -0.122. The van der Waals surface area contributed by atoms with E-state index in [9.17, 15) is 14.4 Å². The van der Waals surface area contributed by atoms with Crippen LogP contribution in [0.4, 0.5) is 0 Å². The Morgan fingerprint density at radius 2 is 1.81 bits per heavy atom. The van der Waals surface area contributed by atoms with Crippen molar-refractivity contribution in [2.75, 3.05) is 6.54 Å². The summed E-state index contributed by atoms with van der Waals surface area (Å²) in [4.78, 5) is 40.5. The van der Waals surface area contributed by atoms with Gasteiger partial charge in [0.05, 0.1) is 6.04 Å². The molecule has 2 aromatic rings. The molecule has 164 valence electrons. The monoisotopic (exact) mass is 421 g/mol. The fourth-order valence-corrected chi connectivity index (χ4v) is 4.81. The molecule has 1 aromatic heterocycles. The van der Waals surface area contributed by atoms with Gasteiger partial charge in [-0.15, -0.1) is 0 Å². The number of pyridine rings is 1. The first-order valence-electron chi connectivity index (χ1n) is 11.3. The van der Waals surface area contributed by atoms with E-state index in [1.807, 2.05) is 4.90 Å². The summed E-state index contributed by atoms with van der Waals surface area (Å²) in [6.07, 6.45) is 7.63. The van der Waals surface area contributed by atoms with Crippen LogP contribution in [0.5, 0.6) is 0 Å². The average molecular weight is 422 g/mol. The number of carbonyl (C=O) groups excluding carboxylic acids is 2. The molecule has 2 aliphatic rings. The van der Waals surface area contributed by atoms with E-state index in [-0.39, 0.29) is 36.0 Å². The Morgan fingerprint density at radius 3 is 2.55 bits per heavy atom. The topological polar surface area (TPSA) is 71.4 Å². The summed E-state index contributed by atoms with van der Waals surface area (Å²) in [5.74, 6) is -0.427. The van der Waals surface area contributed by atoms with Crippen molar-refractivity contribution in [3.8, 4) is 0 Å². The zero-order valence-electron chi connectivity index (χ0n) is 18.4. The standard InChI is InChI=1S/C25H31N3O3/c1-17-11-12-19(15-18(17)2)22-10-6-14-28(22)25(31)21-9-5-13-27(24(21)30)16-23(29)26-20-7-3-4-8-20/h5,9,11-13,15,20,22H,3-4,6-8,10,14,16H2,1-2H3,(H,26,29)/t22-/m0/s1. The summed E-state index contributed by atoms with van der Waals surface area (Å²) in [6.45, 7) is 4.72. The minimum absolute atomic E-state index is 0.0227. The van der Waals surface area contributed by atoms with Gasteiger partial charge < -0.3 is 14.8 Å². The maximum absolute atomic E-state index is 13.3. The van der Waals surface area contributed by atoms with Gasteiger partial charge in [-0.25, -0.2) is 0 Å². The number of nitrogens with one attached hydrogen (secondary N) is 1. The van der Waals surface area contributed by atoms with Crippen LogP contribution in [0, 0.1) is 13.8 Å². The van der Waals surface area contributed by atoms with Crippen LogP contribution in [0.25, 0.3) is 0 Å². The fraction of sp³-hybridized carbons (Fsp3) is 0.480. The summed E-state index contributed by atoms with van der Waals surface area (Å²) in [5.41, 5.74) is 3.27. The lowest BCUT2D eigenvalue weighted by Crippen LogP contribution is -2.40. The molecule has 2 amide bonds. The SMILES string of the molecule is Cc1ccc([C@@H]2CCCN2C(=O)c2cccn(CC(=O)NC3CCCC3)c2=O)cc1C. The molecule has 31 heavy (non-hydrogen) atoms. The van der Waals surface area contributed by atoms with Gasteiger partial charge in [-0.3, -0.25) is 14.4 Å². The smallest absolute Gasteiger partial charge is 0.263 e. The highest BCUT2D eigenvalue weighted by Crippen LogP contribution is 2.33. The quantitative estimate of drug-likeness (QED) is 0.803. The van der Waals surface area contributed by atoms with Crippen molar-refractivity contribution in [1.82, 2.24) is 14.8 Å². The molecule has 2 heterocycles. The highest BCUT2D eigenvalue weighted by molar-refractivity contribution is 5.94. The zero-order chi connectivity index (χ0) is 22.0. The fourth-order valence-electron chi connectivity index (χ4n) is 4.81. The number of aromatic nitrogens is 1. The molecule has 1 saturated heterocycles. The molecule has 0 unspecified atom stereocenters. The Balaban J connectivity index is 1.52. The van der Waals surface area contributed by atoms with Crippen LogP contribution in [0.1, 0.15) is 71.6 Å². The summed E-state index contributed by atoms with van der Waals surface area (Å²) in [7, 11) is 0. The minimum Gasteiger partial charge on any atom is -0.352 e. The Morgan fingerprint density at radius 1 is 1.03 bits per heavy atom. The third-order valence-corrected chi connectivity index (χ3v) is 6.71. The second-order valence-corrected chi connectivity index (χ2v) is 8.90. The molecule has 1 aromatic carbocycles. The van der Waals surface area contributed by atoms with Gasteiger partial charge in [0, 0.05) is 18.8 Å². The number of rotatable bonds is 5. The third-order valence-electron chi connectivity index (χ3n) is 6.71. The number of amides is 2. The number of nitrogens with zero attached hydrogens (tertiary/aromatic N) is 2. The molecular weight excluding hydrogens is 390 g/mol. The molecule has 1 aliphatic heterocycles. The summed E-state index contributed by atoms with van der Waals surface area (Å²) in [6, 6.07) is 9.74. The number of hydrogen-bond acceptors (Lipinski definition) is 3. The van der Waals surface area contributed by atoms with E-state index in [1.165, 1.54) is 15.7 Å². The van der Waals surface area contributed by atoms with Crippen molar-refractivity contribution in [1.29, 1.82) is 0 Å². The Hall–Kier alpha value is -2.89.